The van der Waals surface area contributed by atoms with Gasteiger partial charge in [-0.2, -0.15) is 0 Å². The van der Waals surface area contributed by atoms with Crippen LogP contribution in [0.5, 0.6) is 11.5 Å². The van der Waals surface area contributed by atoms with E-state index >= 15 is 0 Å². The fourth-order valence-electron chi connectivity index (χ4n) is 1.87. The molecule has 1 heterocycles. The van der Waals surface area contributed by atoms with Crippen molar-refractivity contribution in [1.29, 1.82) is 0 Å². The van der Waals surface area contributed by atoms with E-state index in [1.165, 1.54) is 0 Å². The third-order valence-corrected chi connectivity index (χ3v) is 3.45. The maximum Gasteiger partial charge on any atom is 0.161 e. The zero-order valence-electron chi connectivity index (χ0n) is 10.9. The second kappa shape index (κ2) is 5.58. The van der Waals surface area contributed by atoms with E-state index in [0.717, 1.165) is 11.3 Å². The topological polar surface area (TPSA) is 75.2 Å². The average molecular weight is 327 g/mol. The molecule has 2 N–H and O–H groups in total. The number of nitrogens with zero attached hydrogens (tertiary/aromatic N) is 3. The molecule has 0 spiro atoms. The number of methoxy groups -OCH3 is 2. The number of ether oxygens (including phenoxy) is 2. The summed E-state index contributed by atoms with van der Waals surface area (Å²) >= 11 is 3.35. The molecule has 0 radical (unpaired) electrons. The molecule has 0 aliphatic carbocycles. The lowest BCUT2D eigenvalue weighted by Gasteiger charge is -2.15. The molecule has 6 nitrogen and oxygen atoms in total. The highest BCUT2D eigenvalue weighted by Crippen LogP contribution is 2.32. The van der Waals surface area contributed by atoms with E-state index in [1.807, 2.05) is 18.2 Å². The summed E-state index contributed by atoms with van der Waals surface area (Å²) in [5.74, 6) is 1.31. The summed E-state index contributed by atoms with van der Waals surface area (Å²) in [5, 5.41) is 7.86. The highest BCUT2D eigenvalue weighted by Gasteiger charge is 2.19. The molecule has 2 rings (SSSR count). The Hall–Kier alpha value is -1.60. The number of hydrogen-bond acceptors (Lipinski definition) is 5. The quantitative estimate of drug-likeness (QED) is 0.924. The van der Waals surface area contributed by atoms with Gasteiger partial charge in [0, 0.05) is 7.05 Å². The summed E-state index contributed by atoms with van der Waals surface area (Å²) in [6, 6.07) is 5.22. The maximum absolute atomic E-state index is 6.25. The van der Waals surface area contributed by atoms with Gasteiger partial charge in [-0.1, -0.05) is 11.3 Å². The molecule has 0 saturated heterocycles. The Balaban J connectivity index is 2.42. The van der Waals surface area contributed by atoms with Crippen molar-refractivity contribution in [2.45, 2.75) is 6.04 Å². The molecule has 7 heteroatoms. The van der Waals surface area contributed by atoms with Gasteiger partial charge >= 0.3 is 0 Å². The first kappa shape index (κ1) is 13.8. The molecule has 19 heavy (non-hydrogen) atoms. The van der Waals surface area contributed by atoms with Crippen LogP contribution in [0, 0.1) is 0 Å². The van der Waals surface area contributed by atoms with Crippen LogP contribution in [0.4, 0.5) is 0 Å². The van der Waals surface area contributed by atoms with E-state index in [2.05, 4.69) is 26.2 Å². The Kier molecular flexibility index (Phi) is 4.06. The second-order valence-corrected chi connectivity index (χ2v) is 4.73. The van der Waals surface area contributed by atoms with E-state index in [4.69, 9.17) is 15.2 Å². The minimum Gasteiger partial charge on any atom is -0.493 e. The van der Waals surface area contributed by atoms with Crippen molar-refractivity contribution in [1.82, 2.24) is 15.0 Å². The summed E-state index contributed by atoms with van der Waals surface area (Å²) < 4.78 is 12.8. The van der Waals surface area contributed by atoms with Gasteiger partial charge in [0.05, 0.1) is 26.0 Å². The van der Waals surface area contributed by atoms with Crippen LogP contribution in [0.25, 0.3) is 0 Å². The molecule has 0 bridgehead atoms. The fourth-order valence-corrected chi connectivity index (χ4v) is 2.45. The molecule has 1 unspecified atom stereocenters. The smallest absolute Gasteiger partial charge is 0.161 e. The summed E-state index contributed by atoms with van der Waals surface area (Å²) in [7, 11) is 4.99. The Morgan fingerprint density at radius 2 is 1.95 bits per heavy atom. The van der Waals surface area contributed by atoms with Gasteiger partial charge in [0.25, 0.3) is 0 Å². The maximum atomic E-state index is 6.25. The first-order valence-electron chi connectivity index (χ1n) is 5.61. The molecule has 0 aliphatic heterocycles. The Labute approximate surface area is 119 Å². The number of benzene rings is 1. The normalized spacial score (nSPS) is 12.3. The zero-order valence-corrected chi connectivity index (χ0v) is 12.5. The molecular weight excluding hydrogens is 312 g/mol. The lowest BCUT2D eigenvalue weighted by molar-refractivity contribution is 0.354. The van der Waals surface area contributed by atoms with Gasteiger partial charge in [-0.15, -0.1) is 5.10 Å². The molecule has 1 aromatic heterocycles. The molecule has 0 amide bonds. The number of rotatable bonds is 4. The van der Waals surface area contributed by atoms with Gasteiger partial charge in [-0.3, -0.25) is 0 Å². The van der Waals surface area contributed by atoms with Crippen molar-refractivity contribution in [3.05, 3.63) is 34.1 Å². The Morgan fingerprint density at radius 1 is 1.26 bits per heavy atom. The minimum atomic E-state index is -0.353. The van der Waals surface area contributed by atoms with Crippen LogP contribution in [0.1, 0.15) is 17.3 Å². The molecule has 0 fully saturated rings. The Bertz CT molecular complexity index is 566. The monoisotopic (exact) mass is 326 g/mol. The third-order valence-electron chi connectivity index (χ3n) is 2.89. The summed E-state index contributed by atoms with van der Waals surface area (Å²) in [4.78, 5) is 0. The zero-order chi connectivity index (χ0) is 14.0. The van der Waals surface area contributed by atoms with Crippen LogP contribution in [-0.2, 0) is 7.05 Å². The van der Waals surface area contributed by atoms with Gasteiger partial charge in [0.15, 0.2) is 16.1 Å². The lowest BCUT2D eigenvalue weighted by atomic mass is 10.0. The molecule has 0 aliphatic rings. The molecule has 2 aromatic rings. The summed E-state index contributed by atoms with van der Waals surface area (Å²) in [6.45, 7) is 0. The predicted molar refractivity (Wildman–Crippen MR) is 74.3 cm³/mol. The van der Waals surface area contributed by atoms with Crippen LogP contribution < -0.4 is 15.2 Å². The number of nitrogens with two attached hydrogens (primary N) is 1. The van der Waals surface area contributed by atoms with Crippen molar-refractivity contribution in [2.75, 3.05) is 14.2 Å². The molecular formula is C12H15BrN4O2. The second-order valence-electron chi connectivity index (χ2n) is 3.98. The van der Waals surface area contributed by atoms with Crippen LogP contribution in [0.2, 0.25) is 0 Å². The first-order valence-corrected chi connectivity index (χ1v) is 6.40. The fraction of sp³-hybridized carbons (Fsp3) is 0.333. The number of hydrogen-bond donors (Lipinski definition) is 1. The molecule has 1 atom stereocenters. The lowest BCUT2D eigenvalue weighted by Crippen LogP contribution is -2.16. The van der Waals surface area contributed by atoms with E-state index in [-0.39, 0.29) is 6.04 Å². The highest BCUT2D eigenvalue weighted by atomic mass is 79.9. The number of aromatic nitrogens is 3. The number of aryl methyl sites for hydroxylation is 1. The first-order chi connectivity index (χ1) is 9.08. The molecule has 102 valence electrons. The van der Waals surface area contributed by atoms with Crippen molar-refractivity contribution < 1.29 is 9.47 Å². The van der Waals surface area contributed by atoms with Gasteiger partial charge in [-0.05, 0) is 33.6 Å². The van der Waals surface area contributed by atoms with Crippen LogP contribution >= 0.6 is 15.9 Å². The summed E-state index contributed by atoms with van der Waals surface area (Å²) in [5.41, 5.74) is 7.94. The van der Waals surface area contributed by atoms with Crippen LogP contribution in [0.3, 0.4) is 0 Å². The van der Waals surface area contributed by atoms with E-state index in [0.29, 0.717) is 16.1 Å². The molecule has 0 saturated carbocycles. The predicted octanol–water partition coefficient (Wildman–Crippen LogP) is 1.64. The van der Waals surface area contributed by atoms with Crippen molar-refractivity contribution in [3.63, 3.8) is 0 Å². The van der Waals surface area contributed by atoms with E-state index in [9.17, 15) is 0 Å². The van der Waals surface area contributed by atoms with Gasteiger partial charge in [0.2, 0.25) is 0 Å². The van der Waals surface area contributed by atoms with Crippen molar-refractivity contribution >= 4 is 15.9 Å². The number of halogens is 1. The SMILES string of the molecule is COc1ccc(C(N)c2c(Br)nnn2C)cc1OC. The van der Waals surface area contributed by atoms with Crippen molar-refractivity contribution in [2.24, 2.45) is 12.8 Å². The van der Waals surface area contributed by atoms with Gasteiger partial charge < -0.3 is 15.2 Å². The molecule has 1 aromatic carbocycles. The average Bonchev–Trinajstić information content (AvgIpc) is 2.76. The van der Waals surface area contributed by atoms with Crippen molar-refractivity contribution in [3.8, 4) is 11.5 Å². The highest BCUT2D eigenvalue weighted by molar-refractivity contribution is 9.10. The van der Waals surface area contributed by atoms with Crippen LogP contribution in [-0.4, -0.2) is 29.2 Å². The van der Waals surface area contributed by atoms with E-state index in [1.54, 1.807) is 25.9 Å². The third kappa shape index (κ3) is 2.57. The summed E-state index contributed by atoms with van der Waals surface area (Å²) in [6.07, 6.45) is 0. The Morgan fingerprint density at radius 3 is 2.47 bits per heavy atom. The van der Waals surface area contributed by atoms with E-state index < -0.39 is 0 Å². The van der Waals surface area contributed by atoms with Crippen LogP contribution in [0.15, 0.2) is 22.8 Å². The van der Waals surface area contributed by atoms with Gasteiger partial charge in [-0.25, -0.2) is 4.68 Å². The largest absolute Gasteiger partial charge is 0.493 e. The minimum absolute atomic E-state index is 0.353. The van der Waals surface area contributed by atoms with Gasteiger partial charge in [0.1, 0.15) is 0 Å². The standard InChI is InChI=1S/C12H15BrN4O2/c1-17-11(12(13)15-16-17)10(14)7-4-5-8(18-2)9(6-7)19-3/h4-6,10H,14H2,1-3H3.